The molecule has 0 bridgehead atoms. The molecular weight excluding hydrogens is 266 g/mol. The van der Waals surface area contributed by atoms with Crippen molar-refractivity contribution in [3.63, 3.8) is 0 Å². The minimum Gasteiger partial charge on any atom is -0.353 e. The quantitative estimate of drug-likeness (QED) is 0.720. The Hall–Kier alpha value is -1.40. The second kappa shape index (κ2) is 7.04. The molecule has 6 nitrogen and oxygen atoms in total. The molecule has 1 atom stereocenters. The van der Waals surface area contributed by atoms with Gasteiger partial charge >= 0.3 is 0 Å². The van der Waals surface area contributed by atoms with Gasteiger partial charge in [-0.1, -0.05) is 0 Å². The molecule has 0 fully saturated rings. The van der Waals surface area contributed by atoms with Crippen LogP contribution in [0, 0.1) is 0 Å². The highest BCUT2D eigenvalue weighted by Crippen LogP contribution is 2.12. The van der Waals surface area contributed by atoms with Gasteiger partial charge in [0.1, 0.15) is 0 Å². The third kappa shape index (κ3) is 4.04. The van der Waals surface area contributed by atoms with Gasteiger partial charge in [0, 0.05) is 38.1 Å². The van der Waals surface area contributed by atoms with Crippen LogP contribution in [0.5, 0.6) is 0 Å². The smallest absolute Gasteiger partial charge is 0.237 e. The molecule has 6 heteroatoms. The number of aromatic amines is 1. The Labute approximate surface area is 126 Å². The zero-order valence-electron chi connectivity index (χ0n) is 13.4. The number of amides is 1. The summed E-state index contributed by atoms with van der Waals surface area (Å²) in [6.07, 6.45) is 2.35. The van der Waals surface area contributed by atoms with E-state index in [1.165, 1.54) is 0 Å². The van der Waals surface area contributed by atoms with E-state index in [9.17, 15) is 4.79 Å². The van der Waals surface area contributed by atoms with Crippen molar-refractivity contribution in [1.82, 2.24) is 25.5 Å². The van der Waals surface area contributed by atoms with Gasteiger partial charge in [0.25, 0.3) is 0 Å². The summed E-state index contributed by atoms with van der Waals surface area (Å²) < 4.78 is 0. The monoisotopic (exact) mass is 293 g/mol. The Kier molecular flexibility index (Phi) is 5.36. The Balaban J connectivity index is 1.78. The first-order valence-corrected chi connectivity index (χ1v) is 7.77. The minimum absolute atomic E-state index is 0.0658. The third-order valence-corrected chi connectivity index (χ3v) is 4.04. The number of nitrogens with zero attached hydrogens (tertiary/aromatic N) is 2. The van der Waals surface area contributed by atoms with Gasteiger partial charge in [-0.3, -0.25) is 15.0 Å². The number of imidazole rings is 1. The summed E-state index contributed by atoms with van der Waals surface area (Å²) in [5.41, 5.74) is 2.09. The minimum atomic E-state index is -0.174. The first kappa shape index (κ1) is 16.0. The molecule has 0 saturated carbocycles. The normalized spacial score (nSPS) is 18.3. The predicted molar refractivity (Wildman–Crippen MR) is 82.9 cm³/mol. The van der Waals surface area contributed by atoms with Crippen molar-refractivity contribution < 1.29 is 4.79 Å². The molecule has 1 aliphatic heterocycles. The van der Waals surface area contributed by atoms with Crippen LogP contribution in [0.2, 0.25) is 0 Å². The van der Waals surface area contributed by atoms with Crippen molar-refractivity contribution in [2.45, 2.75) is 58.8 Å². The summed E-state index contributed by atoms with van der Waals surface area (Å²) in [6, 6.07) is 0.801. The molecule has 2 heterocycles. The molecule has 2 rings (SSSR count). The molecule has 0 aliphatic carbocycles. The fourth-order valence-corrected chi connectivity index (χ4v) is 2.90. The molecule has 0 saturated heterocycles. The molecule has 21 heavy (non-hydrogen) atoms. The van der Waals surface area contributed by atoms with E-state index >= 15 is 0 Å². The van der Waals surface area contributed by atoms with Crippen LogP contribution >= 0.6 is 0 Å². The van der Waals surface area contributed by atoms with Crippen molar-refractivity contribution in [1.29, 1.82) is 0 Å². The van der Waals surface area contributed by atoms with Crippen LogP contribution in [0.25, 0.3) is 0 Å². The van der Waals surface area contributed by atoms with E-state index in [0.717, 1.165) is 17.9 Å². The maximum Gasteiger partial charge on any atom is 0.237 e. The topological polar surface area (TPSA) is 73.0 Å². The molecule has 1 aromatic rings. The lowest BCUT2D eigenvalue weighted by molar-refractivity contribution is -0.123. The summed E-state index contributed by atoms with van der Waals surface area (Å²) in [5, 5.41) is 6.28. The average Bonchev–Trinajstić information content (AvgIpc) is 2.89. The van der Waals surface area contributed by atoms with Crippen LogP contribution in [-0.2, 0) is 17.8 Å². The summed E-state index contributed by atoms with van der Waals surface area (Å²) >= 11 is 0. The largest absolute Gasteiger partial charge is 0.353 e. The lowest BCUT2D eigenvalue weighted by Gasteiger charge is -2.31. The van der Waals surface area contributed by atoms with Gasteiger partial charge in [-0.15, -0.1) is 0 Å². The van der Waals surface area contributed by atoms with Gasteiger partial charge in [0.15, 0.2) is 0 Å². The van der Waals surface area contributed by atoms with E-state index < -0.39 is 0 Å². The highest BCUT2D eigenvalue weighted by Gasteiger charge is 2.25. The molecule has 1 unspecified atom stereocenters. The Bertz CT molecular complexity index is 460. The number of H-pyrrole nitrogens is 1. The van der Waals surface area contributed by atoms with Crippen LogP contribution in [-0.4, -0.2) is 52.0 Å². The van der Waals surface area contributed by atoms with Crippen LogP contribution < -0.4 is 10.6 Å². The number of rotatable bonds is 6. The third-order valence-electron chi connectivity index (χ3n) is 4.04. The first-order valence-electron chi connectivity index (χ1n) is 7.77. The zero-order valence-corrected chi connectivity index (χ0v) is 13.4. The molecular formula is C15H27N5O. The van der Waals surface area contributed by atoms with Crippen molar-refractivity contribution in [3.8, 4) is 0 Å². The number of hydrogen-bond donors (Lipinski definition) is 3. The predicted octanol–water partition coefficient (Wildman–Crippen LogP) is 0.659. The molecule has 3 N–H and O–H groups in total. The van der Waals surface area contributed by atoms with Crippen molar-refractivity contribution in [2.24, 2.45) is 0 Å². The highest BCUT2D eigenvalue weighted by molar-refractivity contribution is 5.82. The van der Waals surface area contributed by atoms with Crippen molar-refractivity contribution in [3.05, 3.63) is 17.7 Å². The van der Waals surface area contributed by atoms with Crippen LogP contribution in [0.1, 0.15) is 39.1 Å². The van der Waals surface area contributed by atoms with Gasteiger partial charge in [-0.05, 0) is 27.7 Å². The SMILES string of the molecule is CC(C)N(CCNC(=O)C1Cc2nc[nH]c2CN1)C(C)C. The summed E-state index contributed by atoms with van der Waals surface area (Å²) in [6.45, 7) is 11.0. The number of carbonyl (C=O) groups is 1. The second-order valence-corrected chi connectivity index (χ2v) is 6.18. The summed E-state index contributed by atoms with van der Waals surface area (Å²) in [5.74, 6) is 0.0658. The fourth-order valence-electron chi connectivity index (χ4n) is 2.90. The van der Waals surface area contributed by atoms with Gasteiger partial charge in [0.2, 0.25) is 5.91 Å². The first-order chi connectivity index (χ1) is 9.99. The molecule has 1 amide bonds. The van der Waals surface area contributed by atoms with E-state index in [4.69, 9.17) is 0 Å². The van der Waals surface area contributed by atoms with Gasteiger partial charge in [-0.2, -0.15) is 0 Å². The van der Waals surface area contributed by atoms with E-state index in [1.807, 2.05) is 0 Å². The van der Waals surface area contributed by atoms with Gasteiger partial charge in [-0.25, -0.2) is 4.98 Å². The lowest BCUT2D eigenvalue weighted by Crippen LogP contribution is -2.50. The highest BCUT2D eigenvalue weighted by atomic mass is 16.2. The van der Waals surface area contributed by atoms with E-state index in [2.05, 4.69) is 53.2 Å². The molecule has 0 spiro atoms. The van der Waals surface area contributed by atoms with E-state index in [-0.39, 0.29) is 11.9 Å². The summed E-state index contributed by atoms with van der Waals surface area (Å²) in [4.78, 5) is 21.9. The van der Waals surface area contributed by atoms with E-state index in [1.54, 1.807) is 6.33 Å². The molecule has 0 aromatic carbocycles. The number of nitrogens with one attached hydrogen (secondary N) is 3. The average molecular weight is 293 g/mol. The number of hydrogen-bond acceptors (Lipinski definition) is 4. The number of carbonyl (C=O) groups excluding carboxylic acids is 1. The van der Waals surface area contributed by atoms with Gasteiger partial charge in [0.05, 0.1) is 23.8 Å². The van der Waals surface area contributed by atoms with Crippen LogP contribution in [0.4, 0.5) is 0 Å². The molecule has 1 aliphatic rings. The Morgan fingerprint density at radius 1 is 1.43 bits per heavy atom. The van der Waals surface area contributed by atoms with Crippen LogP contribution in [0.3, 0.4) is 0 Å². The number of aromatic nitrogens is 2. The van der Waals surface area contributed by atoms with Crippen LogP contribution in [0.15, 0.2) is 6.33 Å². The zero-order chi connectivity index (χ0) is 15.4. The number of fused-ring (bicyclic) bond motifs is 1. The standard InChI is InChI=1S/C15H27N5O/c1-10(2)20(11(3)4)6-5-16-15(21)13-7-12-14(8-17-13)19-9-18-12/h9-11,13,17H,5-8H2,1-4H3,(H,16,21)(H,18,19). The maximum absolute atomic E-state index is 12.2. The Morgan fingerprint density at radius 3 is 2.81 bits per heavy atom. The van der Waals surface area contributed by atoms with Crippen molar-refractivity contribution in [2.75, 3.05) is 13.1 Å². The molecule has 1 aromatic heterocycles. The molecule has 118 valence electrons. The summed E-state index contributed by atoms with van der Waals surface area (Å²) in [7, 11) is 0. The lowest BCUT2D eigenvalue weighted by atomic mass is 10.0. The van der Waals surface area contributed by atoms with Gasteiger partial charge < -0.3 is 10.3 Å². The Morgan fingerprint density at radius 2 is 2.14 bits per heavy atom. The second-order valence-electron chi connectivity index (χ2n) is 6.18. The van der Waals surface area contributed by atoms with E-state index in [0.29, 0.717) is 31.6 Å². The fraction of sp³-hybridized carbons (Fsp3) is 0.733. The van der Waals surface area contributed by atoms with Crippen molar-refractivity contribution >= 4 is 5.91 Å². The maximum atomic E-state index is 12.2. The molecule has 0 radical (unpaired) electrons.